The van der Waals surface area contributed by atoms with Crippen LogP contribution < -0.4 is 5.32 Å². The molecule has 0 amide bonds. The number of piperidine rings is 1. The summed E-state index contributed by atoms with van der Waals surface area (Å²) in [6.07, 6.45) is 8.42. The number of hydrogen-bond acceptors (Lipinski definition) is 7. The fourth-order valence-corrected chi connectivity index (χ4v) is 6.10. The number of amidine groups is 1. The number of carboxylic acid groups (broad SMARTS) is 1. The van der Waals surface area contributed by atoms with Crippen molar-refractivity contribution in [2.24, 2.45) is 10.9 Å². The van der Waals surface area contributed by atoms with Crippen LogP contribution in [0.3, 0.4) is 0 Å². The molecular weight excluding hydrogens is 511 g/mol. The number of nitrogens with zero attached hydrogens (tertiary/aromatic N) is 4. The van der Waals surface area contributed by atoms with E-state index >= 15 is 0 Å². The Morgan fingerprint density at radius 3 is 2.44 bits per heavy atom. The molecule has 0 aliphatic carbocycles. The average molecular weight is 544 g/mol. The van der Waals surface area contributed by atoms with Crippen molar-refractivity contribution >= 4 is 11.8 Å². The molecule has 5 rings (SSSR count). The van der Waals surface area contributed by atoms with Gasteiger partial charge in [-0.15, -0.1) is 0 Å². The minimum absolute atomic E-state index is 0.0247. The van der Waals surface area contributed by atoms with Crippen LogP contribution in [0.4, 0.5) is 13.2 Å². The van der Waals surface area contributed by atoms with Gasteiger partial charge in [0, 0.05) is 43.8 Å². The zero-order valence-electron chi connectivity index (χ0n) is 22.0. The minimum atomic E-state index is -1.37. The highest BCUT2D eigenvalue weighted by molar-refractivity contribution is 5.92. The predicted molar refractivity (Wildman–Crippen MR) is 140 cm³/mol. The van der Waals surface area contributed by atoms with Crippen LogP contribution in [0.1, 0.15) is 41.6 Å². The lowest BCUT2D eigenvalue weighted by atomic mass is 9.87. The molecule has 0 radical (unpaired) electrons. The molecule has 3 N–H and O–H groups in total. The average Bonchev–Trinajstić information content (AvgIpc) is 3.25. The van der Waals surface area contributed by atoms with Gasteiger partial charge in [-0.2, -0.15) is 0 Å². The van der Waals surface area contributed by atoms with E-state index in [9.17, 15) is 23.1 Å². The zero-order chi connectivity index (χ0) is 28.0. The first-order valence-corrected chi connectivity index (χ1v) is 13.0. The molecule has 0 bridgehead atoms. The Kier molecular flexibility index (Phi) is 7.30. The van der Waals surface area contributed by atoms with Crippen molar-refractivity contribution in [2.75, 3.05) is 27.2 Å². The van der Waals surface area contributed by atoms with Crippen molar-refractivity contribution < 1.29 is 28.2 Å². The van der Waals surface area contributed by atoms with Gasteiger partial charge in [0.15, 0.2) is 5.83 Å². The van der Waals surface area contributed by atoms with Crippen molar-refractivity contribution in [2.45, 2.75) is 44.0 Å². The quantitative estimate of drug-likeness (QED) is 0.506. The van der Waals surface area contributed by atoms with E-state index in [1.807, 2.05) is 18.0 Å². The lowest BCUT2D eigenvalue weighted by molar-refractivity contribution is 0.0497. The molecule has 4 heterocycles. The highest BCUT2D eigenvalue weighted by Crippen LogP contribution is 2.38. The number of hydrogen-bond donors (Lipinski definition) is 3. The van der Waals surface area contributed by atoms with E-state index in [-0.39, 0.29) is 35.2 Å². The van der Waals surface area contributed by atoms with E-state index in [2.05, 4.69) is 28.2 Å². The normalized spacial score (nSPS) is 26.5. The number of aliphatic imine (C=N–C) groups is 1. The van der Waals surface area contributed by atoms with Crippen molar-refractivity contribution in [1.29, 1.82) is 0 Å². The lowest BCUT2D eigenvalue weighted by Crippen LogP contribution is -2.47. The van der Waals surface area contributed by atoms with E-state index in [1.54, 1.807) is 18.1 Å². The van der Waals surface area contributed by atoms with E-state index in [0.717, 1.165) is 23.7 Å². The summed E-state index contributed by atoms with van der Waals surface area (Å²) in [4.78, 5) is 21.5. The number of allylic oxidation sites excluding steroid dienone is 1. The van der Waals surface area contributed by atoms with Crippen LogP contribution in [0.15, 0.2) is 65.0 Å². The highest BCUT2D eigenvalue weighted by Gasteiger charge is 2.41. The molecule has 1 fully saturated rings. The van der Waals surface area contributed by atoms with Crippen molar-refractivity contribution in [3.63, 3.8) is 0 Å². The number of fused-ring (bicyclic) bond motifs is 1. The molecule has 0 spiro atoms. The second-order valence-electron chi connectivity index (χ2n) is 10.3. The van der Waals surface area contributed by atoms with Crippen LogP contribution in [-0.4, -0.2) is 82.2 Å². The molecule has 1 aromatic rings. The van der Waals surface area contributed by atoms with Crippen LogP contribution in [-0.2, 0) is 0 Å². The van der Waals surface area contributed by atoms with Gasteiger partial charge in [-0.25, -0.2) is 23.0 Å². The first kappa shape index (κ1) is 27.0. The first-order chi connectivity index (χ1) is 18.6. The first-order valence-electron chi connectivity index (χ1n) is 13.0. The van der Waals surface area contributed by atoms with Crippen LogP contribution in [0, 0.1) is 17.6 Å². The van der Waals surface area contributed by atoms with Crippen LogP contribution in [0.25, 0.3) is 0 Å². The molecule has 208 valence electrons. The third kappa shape index (κ3) is 4.85. The number of likely N-dealkylation sites (N-methyl/N-ethyl adjacent to an activating group) is 2. The zero-order valence-corrected chi connectivity index (χ0v) is 22.0. The monoisotopic (exact) mass is 543 g/mol. The second-order valence-corrected chi connectivity index (χ2v) is 10.3. The van der Waals surface area contributed by atoms with Gasteiger partial charge in [-0.3, -0.25) is 4.90 Å². The maximum atomic E-state index is 14.7. The summed E-state index contributed by atoms with van der Waals surface area (Å²) >= 11 is 0. The summed E-state index contributed by atoms with van der Waals surface area (Å²) in [7, 11) is 3.53. The number of benzene rings is 1. The number of aromatic carboxylic acids is 1. The number of halogens is 3. The molecule has 0 aromatic heterocycles. The Morgan fingerprint density at radius 2 is 1.82 bits per heavy atom. The summed E-state index contributed by atoms with van der Waals surface area (Å²) in [5.41, 5.74) is 0.801. The maximum absolute atomic E-state index is 14.7. The Morgan fingerprint density at radius 1 is 1.15 bits per heavy atom. The SMILES string of the molecule is CNC1=CC(O)N(C2C=CN=C3C2C=C([C@H](C)N2CCC(c4c(F)cc(C(=O)O)cc4F)CC2)N3C)C=C1F. The number of aliphatic hydroxyl groups excluding tert-OH is 1. The minimum Gasteiger partial charge on any atom is -0.478 e. The Hall–Kier alpha value is -3.57. The van der Waals surface area contributed by atoms with Gasteiger partial charge in [0.2, 0.25) is 0 Å². The van der Waals surface area contributed by atoms with Gasteiger partial charge in [-0.1, -0.05) is 6.08 Å². The van der Waals surface area contributed by atoms with Gasteiger partial charge in [0.25, 0.3) is 0 Å². The fraction of sp³-hybridized carbons (Fsp3) is 0.429. The molecule has 3 unspecified atom stereocenters. The molecule has 4 aliphatic heterocycles. The number of nitrogens with one attached hydrogen (secondary N) is 1. The lowest BCUT2D eigenvalue weighted by Gasteiger charge is -2.39. The largest absolute Gasteiger partial charge is 0.478 e. The van der Waals surface area contributed by atoms with E-state index in [0.29, 0.717) is 25.9 Å². The maximum Gasteiger partial charge on any atom is 0.335 e. The molecule has 11 heteroatoms. The van der Waals surface area contributed by atoms with Crippen molar-refractivity contribution in [3.05, 3.63) is 82.7 Å². The van der Waals surface area contributed by atoms with Gasteiger partial charge in [-0.05, 0) is 63.1 Å². The third-order valence-corrected chi connectivity index (χ3v) is 8.23. The van der Waals surface area contributed by atoms with Gasteiger partial charge < -0.3 is 25.3 Å². The summed E-state index contributed by atoms with van der Waals surface area (Å²) < 4.78 is 43.9. The third-order valence-electron chi connectivity index (χ3n) is 8.23. The molecular formula is C28H32F3N5O3. The van der Waals surface area contributed by atoms with Gasteiger partial charge in [0.1, 0.15) is 23.7 Å². The topological polar surface area (TPSA) is 91.6 Å². The summed E-state index contributed by atoms with van der Waals surface area (Å²) in [6.45, 7) is 3.28. The number of aliphatic hydroxyl groups is 1. The number of carboxylic acids is 1. The fourth-order valence-electron chi connectivity index (χ4n) is 6.10. The van der Waals surface area contributed by atoms with Crippen LogP contribution in [0.2, 0.25) is 0 Å². The second kappa shape index (κ2) is 10.5. The summed E-state index contributed by atoms with van der Waals surface area (Å²) in [5, 5.41) is 22.5. The Bertz CT molecular complexity index is 1290. The van der Waals surface area contributed by atoms with Crippen LogP contribution in [0.5, 0.6) is 0 Å². The molecule has 4 atom stereocenters. The van der Waals surface area contributed by atoms with E-state index in [1.165, 1.54) is 12.3 Å². The Balaban J connectivity index is 1.30. The number of carbonyl (C=O) groups is 1. The molecule has 1 aromatic carbocycles. The molecule has 0 saturated carbocycles. The smallest absolute Gasteiger partial charge is 0.335 e. The number of likely N-dealkylation sites (tertiary alicyclic amines) is 1. The van der Waals surface area contributed by atoms with Crippen LogP contribution >= 0.6 is 0 Å². The molecule has 4 aliphatic rings. The highest BCUT2D eigenvalue weighted by atomic mass is 19.1. The summed E-state index contributed by atoms with van der Waals surface area (Å²) in [5.74, 6) is -3.21. The van der Waals surface area contributed by atoms with Gasteiger partial charge in [0.05, 0.1) is 23.2 Å². The summed E-state index contributed by atoms with van der Waals surface area (Å²) in [6, 6.07) is 1.40. The standard InChI is InChI=1S/C28H32F3N5O3/c1-15(35-8-5-16(6-9-35)26-19(29)10-17(28(38)39)11-20(26)30)24-12-18-23(4-7-33-27(18)34(24)3)36-14-21(31)22(32-2)13-25(36)37/h4,7,10-16,18,23,25,32,37H,5-6,8-9H2,1-3H3,(H,38,39)/t15-,18?,23?,25?/m0/s1. The molecule has 8 nitrogen and oxygen atoms in total. The molecule has 1 saturated heterocycles. The van der Waals surface area contributed by atoms with Crippen molar-refractivity contribution in [1.82, 2.24) is 20.0 Å². The Labute approximate surface area is 225 Å². The van der Waals surface area contributed by atoms with E-state index in [4.69, 9.17) is 5.11 Å². The van der Waals surface area contributed by atoms with Gasteiger partial charge >= 0.3 is 5.97 Å². The number of rotatable bonds is 6. The molecule has 39 heavy (non-hydrogen) atoms. The van der Waals surface area contributed by atoms with Crippen molar-refractivity contribution in [3.8, 4) is 0 Å². The van der Waals surface area contributed by atoms with E-state index < -0.39 is 35.2 Å². The predicted octanol–water partition coefficient (Wildman–Crippen LogP) is 3.52.